The Morgan fingerprint density at radius 3 is 1.87 bits per heavy atom. The molecule has 0 N–H and O–H groups in total. The van der Waals surface area contributed by atoms with Crippen LogP contribution in [0.4, 0.5) is 8.78 Å². The van der Waals surface area contributed by atoms with E-state index in [0.29, 0.717) is 32.0 Å². The summed E-state index contributed by atoms with van der Waals surface area (Å²) in [6, 6.07) is 0. The third-order valence-corrected chi connectivity index (χ3v) is 5.50. The van der Waals surface area contributed by atoms with Crippen LogP contribution in [0.2, 0.25) is 0 Å². The van der Waals surface area contributed by atoms with Crippen molar-refractivity contribution in [2.24, 2.45) is 11.8 Å². The van der Waals surface area contributed by atoms with Crippen LogP contribution < -0.4 is 0 Å². The molecule has 2 rings (SSSR count). The van der Waals surface area contributed by atoms with Gasteiger partial charge in [0.2, 0.25) is 0 Å². The Hall–Kier alpha value is -0.220. The van der Waals surface area contributed by atoms with Crippen LogP contribution in [-0.4, -0.2) is 37.8 Å². The van der Waals surface area contributed by atoms with Crippen LogP contribution in [0.15, 0.2) is 0 Å². The predicted octanol–water partition coefficient (Wildman–Crippen LogP) is 5.24. The molecule has 2 nitrogen and oxygen atoms in total. The molecular weight excluding hydrogens is 298 g/mol. The average molecular weight is 332 g/mol. The topological polar surface area (TPSA) is 18.5 Å². The van der Waals surface area contributed by atoms with Crippen LogP contribution in [0, 0.1) is 11.8 Å². The molecule has 2 saturated carbocycles. The molecule has 2 fully saturated rings. The summed E-state index contributed by atoms with van der Waals surface area (Å²) in [7, 11) is 0. The van der Waals surface area contributed by atoms with E-state index in [-0.39, 0.29) is 0 Å². The van der Waals surface area contributed by atoms with Crippen molar-refractivity contribution in [2.45, 2.75) is 96.2 Å². The van der Waals surface area contributed by atoms with Crippen LogP contribution in [0.5, 0.6) is 0 Å². The van der Waals surface area contributed by atoms with Crippen molar-refractivity contribution in [3.63, 3.8) is 0 Å². The van der Waals surface area contributed by atoms with E-state index < -0.39 is 24.6 Å². The van der Waals surface area contributed by atoms with Crippen LogP contribution >= 0.6 is 0 Å². The van der Waals surface area contributed by atoms with Crippen LogP contribution in [-0.2, 0) is 9.47 Å². The van der Waals surface area contributed by atoms with Crippen LogP contribution in [0.1, 0.15) is 71.6 Å². The van der Waals surface area contributed by atoms with Crippen molar-refractivity contribution < 1.29 is 18.3 Å². The molecule has 0 aromatic carbocycles. The summed E-state index contributed by atoms with van der Waals surface area (Å²) in [6.45, 7) is 5.32. The zero-order chi connectivity index (χ0) is 16.7. The Bertz CT molecular complexity index is 318. The number of hydrogen-bond donors (Lipinski definition) is 0. The summed E-state index contributed by atoms with van der Waals surface area (Å²) in [4.78, 5) is 0. The van der Waals surface area contributed by atoms with Gasteiger partial charge in [0.1, 0.15) is 0 Å². The molecule has 0 spiro atoms. The Labute approximate surface area is 140 Å². The lowest BCUT2D eigenvalue weighted by atomic mass is 9.80. The molecule has 0 aromatic heterocycles. The zero-order valence-corrected chi connectivity index (χ0v) is 14.8. The average Bonchev–Trinajstić information content (AvgIpc) is 2.57. The molecular formula is C19H34F2O2. The van der Waals surface area contributed by atoms with E-state index in [1.165, 1.54) is 38.5 Å². The van der Waals surface area contributed by atoms with Crippen molar-refractivity contribution in [3.05, 3.63) is 0 Å². The first kappa shape index (κ1) is 19.1. The lowest BCUT2D eigenvalue weighted by Crippen LogP contribution is -2.47. The molecule has 0 bridgehead atoms. The third-order valence-electron chi connectivity index (χ3n) is 5.50. The first-order chi connectivity index (χ1) is 11.2. The van der Waals surface area contributed by atoms with Gasteiger partial charge in [0, 0.05) is 13.2 Å². The van der Waals surface area contributed by atoms with Crippen LogP contribution in [0.3, 0.4) is 0 Å². The fraction of sp³-hybridized carbons (Fsp3) is 1.00. The first-order valence-corrected chi connectivity index (χ1v) is 9.67. The maximum atomic E-state index is 14.3. The van der Waals surface area contributed by atoms with E-state index in [0.717, 1.165) is 12.3 Å². The smallest absolute Gasteiger partial charge is 0.160 e. The molecule has 0 aliphatic heterocycles. The van der Waals surface area contributed by atoms with Gasteiger partial charge in [-0.1, -0.05) is 39.5 Å². The number of ether oxygens (including phenoxy) is 2. The van der Waals surface area contributed by atoms with Crippen molar-refractivity contribution in [1.29, 1.82) is 0 Å². The maximum Gasteiger partial charge on any atom is 0.160 e. The van der Waals surface area contributed by atoms with Crippen molar-refractivity contribution in [1.82, 2.24) is 0 Å². The summed E-state index contributed by atoms with van der Waals surface area (Å²) < 4.78 is 39.6. The highest BCUT2D eigenvalue weighted by molar-refractivity contribution is 4.90. The molecule has 4 unspecified atom stereocenters. The normalized spacial score (nSPS) is 38.6. The van der Waals surface area contributed by atoms with E-state index in [4.69, 9.17) is 9.47 Å². The van der Waals surface area contributed by atoms with E-state index in [1.807, 2.05) is 6.92 Å². The Morgan fingerprint density at radius 1 is 0.739 bits per heavy atom. The Kier molecular flexibility index (Phi) is 8.25. The highest BCUT2D eigenvalue weighted by Gasteiger charge is 2.41. The molecule has 4 heteroatoms. The quantitative estimate of drug-likeness (QED) is 0.605. The van der Waals surface area contributed by atoms with Crippen LogP contribution in [0.25, 0.3) is 0 Å². The minimum absolute atomic E-state index is 0.504. The lowest BCUT2D eigenvalue weighted by Gasteiger charge is -2.36. The van der Waals surface area contributed by atoms with Crippen molar-refractivity contribution in [2.75, 3.05) is 13.2 Å². The predicted molar refractivity (Wildman–Crippen MR) is 89.2 cm³/mol. The first-order valence-electron chi connectivity index (χ1n) is 9.67. The molecule has 23 heavy (non-hydrogen) atoms. The molecule has 0 saturated heterocycles. The summed E-state index contributed by atoms with van der Waals surface area (Å²) in [5, 5.41) is 0. The second kappa shape index (κ2) is 9.93. The molecule has 0 aromatic rings. The summed E-state index contributed by atoms with van der Waals surface area (Å²) in [5.41, 5.74) is 0. The van der Waals surface area contributed by atoms with Crippen molar-refractivity contribution >= 4 is 0 Å². The lowest BCUT2D eigenvalue weighted by molar-refractivity contribution is -0.123. The third kappa shape index (κ3) is 5.67. The van der Waals surface area contributed by atoms with Gasteiger partial charge in [-0.3, -0.25) is 0 Å². The van der Waals surface area contributed by atoms with Gasteiger partial charge >= 0.3 is 0 Å². The molecule has 0 heterocycles. The SMILES string of the molecule is CCCOC1CCC(OCC2CCC(CCC)CC2)C(F)C1F. The van der Waals surface area contributed by atoms with Gasteiger partial charge in [0.15, 0.2) is 12.3 Å². The minimum atomic E-state index is -1.54. The Morgan fingerprint density at radius 2 is 1.30 bits per heavy atom. The summed E-state index contributed by atoms with van der Waals surface area (Å²) >= 11 is 0. The van der Waals surface area contributed by atoms with Gasteiger partial charge < -0.3 is 9.47 Å². The molecule has 2 aliphatic carbocycles. The van der Waals surface area contributed by atoms with Gasteiger partial charge in [-0.2, -0.15) is 0 Å². The fourth-order valence-electron chi connectivity index (χ4n) is 4.03. The molecule has 136 valence electrons. The largest absolute Gasteiger partial charge is 0.375 e. The highest BCUT2D eigenvalue weighted by atomic mass is 19.2. The summed E-state index contributed by atoms with van der Waals surface area (Å²) in [5.74, 6) is 1.40. The number of halogens is 2. The maximum absolute atomic E-state index is 14.3. The second-order valence-corrected chi connectivity index (χ2v) is 7.42. The molecule has 0 amide bonds. The van der Waals surface area contributed by atoms with Gasteiger partial charge in [-0.25, -0.2) is 8.78 Å². The zero-order valence-electron chi connectivity index (χ0n) is 14.8. The van der Waals surface area contributed by atoms with Crippen molar-refractivity contribution in [3.8, 4) is 0 Å². The monoisotopic (exact) mass is 332 g/mol. The molecule has 4 atom stereocenters. The Balaban J connectivity index is 1.68. The summed E-state index contributed by atoms with van der Waals surface area (Å²) in [6.07, 6.45) is 5.19. The molecule has 0 radical (unpaired) electrons. The van der Waals surface area contributed by atoms with Gasteiger partial charge in [0.25, 0.3) is 0 Å². The fourth-order valence-corrected chi connectivity index (χ4v) is 4.03. The van der Waals surface area contributed by atoms with E-state index in [9.17, 15) is 8.78 Å². The number of hydrogen-bond acceptors (Lipinski definition) is 2. The second-order valence-electron chi connectivity index (χ2n) is 7.42. The van der Waals surface area contributed by atoms with E-state index in [1.54, 1.807) is 0 Å². The van der Waals surface area contributed by atoms with Gasteiger partial charge in [0.05, 0.1) is 12.2 Å². The highest BCUT2D eigenvalue weighted by Crippen LogP contribution is 2.34. The minimum Gasteiger partial charge on any atom is -0.375 e. The van der Waals surface area contributed by atoms with E-state index >= 15 is 0 Å². The number of rotatable bonds is 8. The van der Waals surface area contributed by atoms with E-state index in [2.05, 4.69) is 6.92 Å². The van der Waals surface area contributed by atoms with Gasteiger partial charge in [-0.05, 0) is 43.9 Å². The standard InChI is InChI=1S/C19H34F2O2/c1-3-5-14-6-8-15(9-7-14)13-23-17-11-10-16(22-12-4-2)18(20)19(17)21/h14-19H,3-13H2,1-2H3. The molecule has 2 aliphatic rings. The van der Waals surface area contributed by atoms with Gasteiger partial charge in [-0.15, -0.1) is 0 Å². The number of alkyl halides is 2.